The van der Waals surface area contributed by atoms with Crippen LogP contribution in [0.3, 0.4) is 0 Å². The molecule has 0 unspecified atom stereocenters. The van der Waals surface area contributed by atoms with E-state index < -0.39 is 5.97 Å². The van der Waals surface area contributed by atoms with Gasteiger partial charge in [-0.15, -0.1) is 10.2 Å². The van der Waals surface area contributed by atoms with Crippen molar-refractivity contribution in [3.63, 3.8) is 0 Å². The Morgan fingerprint density at radius 1 is 1.42 bits per heavy atom. The number of rotatable bonds is 5. The van der Waals surface area contributed by atoms with Gasteiger partial charge in [0, 0.05) is 12.1 Å². The first-order valence-corrected chi connectivity index (χ1v) is 9.56. The van der Waals surface area contributed by atoms with Crippen LogP contribution >= 0.6 is 11.6 Å². The summed E-state index contributed by atoms with van der Waals surface area (Å²) in [4.78, 5) is 17.3. The van der Waals surface area contributed by atoms with Gasteiger partial charge < -0.3 is 4.74 Å². The molecule has 0 radical (unpaired) electrons. The number of aryl methyl sites for hydroxylation is 2. The van der Waals surface area contributed by atoms with Gasteiger partial charge in [0.1, 0.15) is 23.7 Å². The molecule has 156 valence electrons. The topological polar surface area (TPSA) is 135 Å². The zero-order chi connectivity index (χ0) is 22.1. The number of hydrogen-bond donors (Lipinski definition) is 1. The van der Waals surface area contributed by atoms with E-state index in [-0.39, 0.29) is 18.0 Å². The first-order chi connectivity index (χ1) is 14.9. The highest BCUT2D eigenvalue weighted by Crippen LogP contribution is 2.22. The lowest BCUT2D eigenvalue weighted by atomic mass is 10.2. The predicted molar refractivity (Wildman–Crippen MR) is 113 cm³/mol. The van der Waals surface area contributed by atoms with E-state index in [1.807, 2.05) is 0 Å². The fourth-order valence-corrected chi connectivity index (χ4v) is 3.28. The average Bonchev–Trinajstić information content (AvgIpc) is 3.32. The number of fused-ring (bicyclic) bond motifs is 3. The Labute approximate surface area is 180 Å². The normalized spacial score (nSPS) is 11.6. The van der Waals surface area contributed by atoms with Gasteiger partial charge >= 0.3 is 5.97 Å². The third-order valence-corrected chi connectivity index (χ3v) is 4.72. The van der Waals surface area contributed by atoms with Crippen molar-refractivity contribution in [1.82, 2.24) is 29.4 Å². The summed E-state index contributed by atoms with van der Waals surface area (Å²) in [5, 5.41) is 26.4. The number of nitrogens with zero attached hydrogens (tertiary/aromatic N) is 8. The Bertz CT molecular complexity index is 1400. The van der Waals surface area contributed by atoms with E-state index in [2.05, 4.69) is 36.9 Å². The van der Waals surface area contributed by atoms with E-state index >= 15 is 0 Å². The van der Waals surface area contributed by atoms with Gasteiger partial charge in [0.25, 0.3) is 0 Å². The average molecular weight is 438 g/mol. The van der Waals surface area contributed by atoms with Crippen LogP contribution in [0.4, 0.5) is 5.82 Å². The molecule has 0 aliphatic rings. The molecule has 0 bridgehead atoms. The zero-order valence-corrected chi connectivity index (χ0v) is 17.5. The van der Waals surface area contributed by atoms with Gasteiger partial charge in [-0.1, -0.05) is 11.6 Å². The van der Waals surface area contributed by atoms with Gasteiger partial charge in [0.2, 0.25) is 0 Å². The van der Waals surface area contributed by atoms with E-state index in [1.54, 1.807) is 43.5 Å². The number of ether oxygens (including phenoxy) is 1. The van der Waals surface area contributed by atoms with Crippen molar-refractivity contribution in [2.45, 2.75) is 13.8 Å². The second kappa shape index (κ2) is 8.00. The highest BCUT2D eigenvalue weighted by Gasteiger charge is 2.24. The van der Waals surface area contributed by atoms with Crippen molar-refractivity contribution in [1.29, 1.82) is 5.26 Å². The van der Waals surface area contributed by atoms with Crippen molar-refractivity contribution < 1.29 is 9.53 Å². The Morgan fingerprint density at radius 3 is 2.97 bits per heavy atom. The van der Waals surface area contributed by atoms with Gasteiger partial charge in [0.15, 0.2) is 17.2 Å². The van der Waals surface area contributed by atoms with Crippen LogP contribution in [-0.2, 0) is 16.6 Å². The number of anilines is 1. The molecule has 11 nitrogen and oxygen atoms in total. The molecular formula is C19H16ClN9O2. The minimum Gasteiger partial charge on any atom is -0.461 e. The van der Waals surface area contributed by atoms with Gasteiger partial charge in [-0.25, -0.2) is 14.5 Å². The maximum Gasteiger partial charge on any atom is 0.361 e. The molecule has 1 N–H and O–H groups in total. The quantitative estimate of drug-likeness (QED) is 0.285. The number of aromatic nitrogens is 6. The number of carbonyl (C=O) groups excluding carboxylic acids is 1. The monoisotopic (exact) mass is 437 g/mol. The van der Waals surface area contributed by atoms with Gasteiger partial charge in [-0.2, -0.15) is 15.5 Å². The maximum atomic E-state index is 12.8. The zero-order valence-electron chi connectivity index (χ0n) is 16.8. The van der Waals surface area contributed by atoms with Crippen LogP contribution in [0.15, 0.2) is 29.6 Å². The molecule has 0 aliphatic carbocycles. The number of nitriles is 1. The molecule has 0 fully saturated rings. The smallest absolute Gasteiger partial charge is 0.361 e. The third kappa shape index (κ3) is 3.53. The summed E-state index contributed by atoms with van der Waals surface area (Å²) in [5.74, 6) is -0.394. The second-order valence-corrected chi connectivity index (χ2v) is 6.89. The van der Waals surface area contributed by atoms with E-state index in [4.69, 9.17) is 16.3 Å². The molecule has 0 amide bonds. The number of esters is 1. The molecule has 0 spiro atoms. The summed E-state index contributed by atoms with van der Waals surface area (Å²) in [6, 6.07) is 7.23. The van der Waals surface area contributed by atoms with Crippen molar-refractivity contribution >= 4 is 45.8 Å². The van der Waals surface area contributed by atoms with E-state index in [0.29, 0.717) is 38.8 Å². The SMILES string of the molecule is CCOC(=O)/C(=N\Nc1c(C#N)c(C)nn1C)c1nc2cc(Cl)ccc2n2cnnc12. The Kier molecular flexibility index (Phi) is 5.22. The summed E-state index contributed by atoms with van der Waals surface area (Å²) in [6.45, 7) is 3.52. The van der Waals surface area contributed by atoms with Gasteiger partial charge in [-0.3, -0.25) is 9.83 Å². The van der Waals surface area contributed by atoms with Crippen LogP contribution in [0.25, 0.3) is 16.7 Å². The molecule has 0 atom stereocenters. The molecule has 1 aromatic carbocycles. The molecule has 3 heterocycles. The van der Waals surface area contributed by atoms with Crippen LogP contribution in [-0.4, -0.2) is 47.7 Å². The third-order valence-electron chi connectivity index (χ3n) is 4.49. The Balaban J connectivity index is 1.92. The predicted octanol–water partition coefficient (Wildman–Crippen LogP) is 2.22. The molecular weight excluding hydrogens is 422 g/mol. The van der Waals surface area contributed by atoms with Crippen molar-refractivity contribution in [2.75, 3.05) is 12.0 Å². The van der Waals surface area contributed by atoms with E-state index in [9.17, 15) is 10.1 Å². The number of hydrogen-bond acceptors (Lipinski definition) is 9. The van der Waals surface area contributed by atoms with Crippen molar-refractivity contribution in [3.05, 3.63) is 46.5 Å². The van der Waals surface area contributed by atoms with E-state index in [1.165, 1.54) is 11.0 Å². The fourth-order valence-electron chi connectivity index (χ4n) is 3.12. The molecule has 3 aromatic heterocycles. The minimum absolute atomic E-state index is 0.133. The molecule has 0 saturated heterocycles. The Morgan fingerprint density at radius 2 is 2.23 bits per heavy atom. The van der Waals surface area contributed by atoms with Crippen molar-refractivity contribution in [3.8, 4) is 6.07 Å². The lowest BCUT2D eigenvalue weighted by molar-refractivity contribution is -0.134. The number of carbonyl (C=O) groups is 1. The van der Waals surface area contributed by atoms with Crippen LogP contribution in [0.1, 0.15) is 23.9 Å². The van der Waals surface area contributed by atoms with Crippen LogP contribution in [0.2, 0.25) is 5.02 Å². The van der Waals surface area contributed by atoms with Crippen molar-refractivity contribution in [2.24, 2.45) is 12.1 Å². The first-order valence-electron chi connectivity index (χ1n) is 9.18. The first kappa shape index (κ1) is 20.2. The summed E-state index contributed by atoms with van der Waals surface area (Å²) in [7, 11) is 1.66. The lowest BCUT2D eigenvalue weighted by Crippen LogP contribution is -2.23. The molecule has 4 aromatic rings. The highest BCUT2D eigenvalue weighted by atomic mass is 35.5. The fraction of sp³-hybridized carbons (Fsp3) is 0.211. The van der Waals surface area contributed by atoms with Crippen LogP contribution < -0.4 is 5.43 Å². The number of nitrogens with one attached hydrogen (secondary N) is 1. The number of benzene rings is 1. The lowest BCUT2D eigenvalue weighted by Gasteiger charge is -2.10. The maximum absolute atomic E-state index is 12.8. The van der Waals surface area contributed by atoms with Crippen LogP contribution in [0, 0.1) is 18.3 Å². The molecule has 0 aliphatic heterocycles. The summed E-state index contributed by atoms with van der Waals surface area (Å²) >= 11 is 6.13. The highest BCUT2D eigenvalue weighted by molar-refractivity contribution is 6.44. The Hall–Kier alpha value is -4.04. The number of halogens is 1. The van der Waals surface area contributed by atoms with Gasteiger partial charge in [-0.05, 0) is 32.0 Å². The van der Waals surface area contributed by atoms with Gasteiger partial charge in [0.05, 0.1) is 23.3 Å². The number of hydrazone groups is 1. The second-order valence-electron chi connectivity index (χ2n) is 6.46. The standard InChI is InChI=1S/C19H16ClN9O2/c1-4-31-19(30)16(24-26-17-12(8-21)10(2)27-28(17)3)15-18-25-22-9-29(18)14-6-5-11(20)7-13(14)23-15/h5-7,9,26H,4H2,1-3H3/b24-16-. The molecule has 31 heavy (non-hydrogen) atoms. The summed E-state index contributed by atoms with van der Waals surface area (Å²) in [6.07, 6.45) is 1.51. The van der Waals surface area contributed by atoms with Crippen LogP contribution in [0.5, 0.6) is 0 Å². The van der Waals surface area contributed by atoms with E-state index in [0.717, 1.165) is 0 Å². The molecule has 12 heteroatoms. The molecule has 0 saturated carbocycles. The minimum atomic E-state index is -0.717. The summed E-state index contributed by atoms with van der Waals surface area (Å²) in [5.41, 5.74) is 5.13. The summed E-state index contributed by atoms with van der Waals surface area (Å²) < 4.78 is 8.32. The molecule has 4 rings (SSSR count). The largest absolute Gasteiger partial charge is 0.461 e.